The largest absolute Gasteiger partial charge is 0.361 e. The van der Waals surface area contributed by atoms with Gasteiger partial charge < -0.3 is 19.6 Å². The molecule has 0 radical (unpaired) electrons. The second kappa shape index (κ2) is 8.36. The van der Waals surface area contributed by atoms with E-state index in [1.165, 1.54) is 0 Å². The summed E-state index contributed by atoms with van der Waals surface area (Å²) in [4.78, 5) is 20.7. The van der Waals surface area contributed by atoms with Crippen LogP contribution in [-0.4, -0.2) is 66.6 Å². The molecule has 1 amide bonds. The van der Waals surface area contributed by atoms with Gasteiger partial charge in [-0.15, -0.1) is 0 Å². The smallest absolute Gasteiger partial charge is 0.225 e. The molecule has 7 nitrogen and oxygen atoms in total. The van der Waals surface area contributed by atoms with E-state index in [1.54, 1.807) is 7.05 Å². The number of carbonyl (C=O) groups excluding carboxylic acids is 1. The molecule has 1 saturated heterocycles. The van der Waals surface area contributed by atoms with Crippen LogP contribution in [0.5, 0.6) is 0 Å². The number of aliphatic imine (C=N–C) groups is 1. The zero-order valence-corrected chi connectivity index (χ0v) is 16.3. The Bertz CT molecular complexity index is 595. The minimum absolute atomic E-state index is 0.0555. The predicted octanol–water partition coefficient (Wildman–Crippen LogP) is 1.77. The molecular weight excluding hydrogens is 318 g/mol. The van der Waals surface area contributed by atoms with Gasteiger partial charge >= 0.3 is 0 Å². The summed E-state index contributed by atoms with van der Waals surface area (Å²) in [5.41, 5.74) is 2.11. The van der Waals surface area contributed by atoms with Gasteiger partial charge in [0.1, 0.15) is 5.76 Å². The number of aromatic nitrogens is 1. The monoisotopic (exact) mass is 349 g/mol. The highest BCUT2D eigenvalue weighted by Crippen LogP contribution is 2.22. The van der Waals surface area contributed by atoms with Crippen LogP contribution in [0.3, 0.4) is 0 Å². The molecule has 0 bridgehead atoms. The third-order valence-corrected chi connectivity index (χ3v) is 4.74. The van der Waals surface area contributed by atoms with E-state index < -0.39 is 0 Å². The molecule has 1 aromatic rings. The number of carbonyl (C=O) groups is 1. The van der Waals surface area contributed by atoms with E-state index in [0.29, 0.717) is 0 Å². The van der Waals surface area contributed by atoms with E-state index in [9.17, 15) is 4.79 Å². The van der Waals surface area contributed by atoms with Gasteiger partial charge in [0.05, 0.1) is 5.69 Å². The number of aryl methyl sites for hydroxylation is 2. The first-order chi connectivity index (χ1) is 11.8. The van der Waals surface area contributed by atoms with Crippen molar-refractivity contribution in [2.75, 3.05) is 39.8 Å². The van der Waals surface area contributed by atoms with Gasteiger partial charge in [-0.05, 0) is 13.8 Å². The fraction of sp³-hybridized carbons (Fsp3) is 0.722. The fourth-order valence-corrected chi connectivity index (χ4v) is 3.38. The molecule has 1 N–H and O–H groups in total. The van der Waals surface area contributed by atoms with Crippen molar-refractivity contribution in [3.63, 3.8) is 0 Å². The van der Waals surface area contributed by atoms with Gasteiger partial charge in [0.2, 0.25) is 5.91 Å². The highest BCUT2D eigenvalue weighted by Gasteiger charge is 2.25. The van der Waals surface area contributed by atoms with Gasteiger partial charge in [-0.3, -0.25) is 9.79 Å². The molecule has 1 aliphatic heterocycles. The van der Waals surface area contributed by atoms with Crippen LogP contribution in [0.4, 0.5) is 0 Å². The van der Waals surface area contributed by atoms with Crippen LogP contribution < -0.4 is 5.32 Å². The summed E-state index contributed by atoms with van der Waals surface area (Å²) < 4.78 is 5.26. The number of nitrogens with zero attached hydrogens (tertiary/aromatic N) is 4. The molecule has 0 aromatic carbocycles. The topological polar surface area (TPSA) is 74.0 Å². The van der Waals surface area contributed by atoms with Gasteiger partial charge in [0.15, 0.2) is 5.96 Å². The Hall–Kier alpha value is -2.05. The van der Waals surface area contributed by atoms with Crippen LogP contribution >= 0.6 is 0 Å². The Morgan fingerprint density at radius 3 is 2.28 bits per heavy atom. The number of nitrogens with one attached hydrogen (secondary N) is 1. The van der Waals surface area contributed by atoms with E-state index in [0.717, 1.165) is 55.7 Å². The van der Waals surface area contributed by atoms with Crippen molar-refractivity contribution >= 4 is 11.9 Å². The lowest BCUT2D eigenvalue weighted by Crippen LogP contribution is -2.54. The van der Waals surface area contributed by atoms with Crippen molar-refractivity contribution in [2.24, 2.45) is 10.9 Å². The van der Waals surface area contributed by atoms with E-state index in [2.05, 4.69) is 27.3 Å². The Balaban J connectivity index is 1.88. The third kappa shape index (κ3) is 4.52. The molecule has 7 heteroatoms. The van der Waals surface area contributed by atoms with Gasteiger partial charge in [-0.2, -0.15) is 0 Å². The zero-order chi connectivity index (χ0) is 18.6. The fourth-order valence-electron chi connectivity index (χ4n) is 3.38. The van der Waals surface area contributed by atoms with E-state index in [-0.39, 0.29) is 17.7 Å². The Kier molecular flexibility index (Phi) is 6.45. The van der Waals surface area contributed by atoms with Crippen LogP contribution in [0.15, 0.2) is 9.52 Å². The van der Waals surface area contributed by atoms with Gasteiger partial charge in [-0.1, -0.05) is 25.9 Å². The molecule has 0 spiro atoms. The first-order valence-electron chi connectivity index (χ1n) is 9.02. The Labute approximate surface area is 150 Å². The second-order valence-electron chi connectivity index (χ2n) is 7.03. The van der Waals surface area contributed by atoms with Gasteiger partial charge in [0.25, 0.3) is 0 Å². The lowest BCUT2D eigenvalue weighted by Gasteiger charge is -2.37. The van der Waals surface area contributed by atoms with Gasteiger partial charge in [0, 0.05) is 57.2 Å². The molecule has 1 aliphatic rings. The molecule has 140 valence electrons. The van der Waals surface area contributed by atoms with E-state index >= 15 is 0 Å². The average Bonchev–Trinajstić information content (AvgIpc) is 2.93. The summed E-state index contributed by atoms with van der Waals surface area (Å²) in [5, 5.41) is 7.48. The quantitative estimate of drug-likeness (QED) is 0.662. The molecule has 1 atom stereocenters. The summed E-state index contributed by atoms with van der Waals surface area (Å²) in [7, 11) is 1.80. The minimum Gasteiger partial charge on any atom is -0.361 e. The number of hydrogen-bond acceptors (Lipinski definition) is 4. The lowest BCUT2D eigenvalue weighted by molar-refractivity contribution is -0.135. The highest BCUT2D eigenvalue weighted by atomic mass is 16.5. The Morgan fingerprint density at radius 2 is 1.80 bits per heavy atom. The lowest BCUT2D eigenvalue weighted by atomic mass is 10.00. The van der Waals surface area contributed by atoms with Crippen molar-refractivity contribution in [2.45, 2.75) is 40.5 Å². The van der Waals surface area contributed by atoms with E-state index in [4.69, 9.17) is 4.52 Å². The van der Waals surface area contributed by atoms with Crippen LogP contribution in [0.25, 0.3) is 0 Å². The first-order valence-corrected chi connectivity index (χ1v) is 9.02. The van der Waals surface area contributed by atoms with Crippen LogP contribution in [0.2, 0.25) is 0 Å². The first kappa shape index (κ1) is 19.3. The summed E-state index contributed by atoms with van der Waals surface area (Å²) in [5.74, 6) is 2.33. The maximum Gasteiger partial charge on any atom is 0.225 e. The molecule has 25 heavy (non-hydrogen) atoms. The number of guanidine groups is 1. The van der Waals surface area contributed by atoms with Crippen molar-refractivity contribution in [3.05, 3.63) is 17.0 Å². The summed E-state index contributed by atoms with van der Waals surface area (Å²) in [6.07, 6.45) is 0. The number of piperazine rings is 1. The van der Waals surface area contributed by atoms with Gasteiger partial charge in [-0.25, -0.2) is 0 Å². The molecule has 1 fully saturated rings. The normalized spacial score (nSPS) is 17.2. The summed E-state index contributed by atoms with van der Waals surface area (Å²) in [6, 6.07) is 0. The van der Waals surface area contributed by atoms with E-state index in [1.807, 2.05) is 32.6 Å². The van der Waals surface area contributed by atoms with Crippen LogP contribution in [-0.2, 0) is 4.79 Å². The molecule has 2 rings (SSSR count). The number of rotatable bonds is 4. The second-order valence-corrected chi connectivity index (χ2v) is 7.03. The molecule has 1 aromatic heterocycles. The maximum absolute atomic E-state index is 12.1. The summed E-state index contributed by atoms with van der Waals surface area (Å²) in [6.45, 7) is 13.8. The molecule has 0 aliphatic carbocycles. The van der Waals surface area contributed by atoms with Crippen LogP contribution in [0, 0.1) is 19.8 Å². The van der Waals surface area contributed by atoms with Crippen molar-refractivity contribution in [3.8, 4) is 0 Å². The number of hydrogen-bond donors (Lipinski definition) is 1. The van der Waals surface area contributed by atoms with Crippen molar-refractivity contribution < 1.29 is 9.32 Å². The SMILES string of the molecule is CN=C(NCC(C)c1c(C)noc1C)N1CCN(C(=O)C(C)C)CC1. The minimum atomic E-state index is 0.0555. The zero-order valence-electron chi connectivity index (χ0n) is 16.3. The maximum atomic E-state index is 12.1. The predicted molar refractivity (Wildman–Crippen MR) is 98.7 cm³/mol. The highest BCUT2D eigenvalue weighted by molar-refractivity contribution is 5.81. The van der Waals surface area contributed by atoms with Crippen LogP contribution in [0.1, 0.15) is 43.7 Å². The third-order valence-electron chi connectivity index (χ3n) is 4.74. The average molecular weight is 349 g/mol. The molecular formula is C18H31N5O2. The number of amides is 1. The van der Waals surface area contributed by atoms with Crippen molar-refractivity contribution in [1.82, 2.24) is 20.3 Å². The summed E-state index contributed by atoms with van der Waals surface area (Å²) >= 11 is 0. The molecule has 2 heterocycles. The molecule has 0 saturated carbocycles. The Morgan fingerprint density at radius 1 is 1.20 bits per heavy atom. The van der Waals surface area contributed by atoms with Crippen molar-refractivity contribution in [1.29, 1.82) is 0 Å². The standard InChI is InChI=1S/C18H31N5O2/c1-12(2)17(24)22-7-9-23(10-8-22)18(19-6)20-11-13(3)16-14(4)21-25-15(16)5/h12-13H,7-11H2,1-6H3,(H,19,20). The molecule has 1 unspecified atom stereocenters.